The van der Waals surface area contributed by atoms with E-state index in [1.807, 2.05) is 0 Å². The molecule has 11 heavy (non-hydrogen) atoms. The van der Waals surface area contributed by atoms with Gasteiger partial charge in [0.05, 0.1) is 0 Å². The molecule has 0 aliphatic heterocycles. The minimum atomic E-state index is 0. The molecule has 60 valence electrons. The Kier molecular flexibility index (Phi) is 5.02. The highest BCUT2D eigenvalue weighted by Crippen LogP contribution is 1.93. The molecule has 0 unspecified atom stereocenters. The van der Waals surface area contributed by atoms with Crippen molar-refractivity contribution in [1.29, 1.82) is 0 Å². The minimum Gasteiger partial charge on any atom is -0.463 e. The van der Waals surface area contributed by atoms with Crippen LogP contribution in [0.4, 0.5) is 0 Å². The third-order valence-corrected chi connectivity index (χ3v) is 0.932. The van der Waals surface area contributed by atoms with Gasteiger partial charge >= 0.3 is 0 Å². The second-order valence-electron chi connectivity index (χ2n) is 1.65. The molecule has 0 atom stereocenters. The van der Waals surface area contributed by atoms with Crippen molar-refractivity contribution in [3.8, 4) is 0 Å². The van der Waals surface area contributed by atoms with E-state index < -0.39 is 0 Å². The molecule has 0 spiro atoms. The SMILES string of the molecule is Cl.O=COCc1cncnc1. The van der Waals surface area contributed by atoms with Crippen LogP contribution in [0.25, 0.3) is 0 Å². The predicted molar refractivity (Wildman–Crippen MR) is 40.1 cm³/mol. The Morgan fingerprint density at radius 3 is 2.64 bits per heavy atom. The molecular weight excluding hydrogens is 168 g/mol. The van der Waals surface area contributed by atoms with E-state index >= 15 is 0 Å². The number of rotatable bonds is 3. The fraction of sp³-hybridized carbons (Fsp3) is 0.167. The average molecular weight is 175 g/mol. The molecule has 5 heteroatoms. The van der Waals surface area contributed by atoms with E-state index in [1.54, 1.807) is 12.4 Å². The van der Waals surface area contributed by atoms with Crippen LogP contribution >= 0.6 is 12.4 Å². The van der Waals surface area contributed by atoms with Gasteiger partial charge in [-0.1, -0.05) is 0 Å². The van der Waals surface area contributed by atoms with Gasteiger partial charge in [-0.2, -0.15) is 0 Å². The number of hydrogen-bond acceptors (Lipinski definition) is 4. The molecule has 0 fully saturated rings. The fourth-order valence-electron chi connectivity index (χ4n) is 0.535. The van der Waals surface area contributed by atoms with Gasteiger partial charge in [0, 0.05) is 18.0 Å². The molecule has 1 aromatic heterocycles. The highest BCUT2D eigenvalue weighted by Gasteiger charge is 1.89. The van der Waals surface area contributed by atoms with Crippen molar-refractivity contribution in [2.45, 2.75) is 6.61 Å². The number of carbonyl (C=O) groups is 1. The zero-order chi connectivity index (χ0) is 7.23. The summed E-state index contributed by atoms with van der Waals surface area (Å²) in [5.74, 6) is 0. The number of ether oxygens (including phenoxy) is 1. The lowest BCUT2D eigenvalue weighted by atomic mass is 10.4. The summed E-state index contributed by atoms with van der Waals surface area (Å²) in [5.41, 5.74) is 0.787. The predicted octanol–water partition coefficient (Wildman–Crippen LogP) is 0.571. The summed E-state index contributed by atoms with van der Waals surface area (Å²) in [4.78, 5) is 17.2. The first-order chi connectivity index (χ1) is 4.93. The first kappa shape index (κ1) is 9.84. The van der Waals surface area contributed by atoms with Crippen molar-refractivity contribution in [2.24, 2.45) is 0 Å². The Morgan fingerprint density at radius 2 is 2.09 bits per heavy atom. The first-order valence-corrected chi connectivity index (χ1v) is 2.72. The number of carbonyl (C=O) groups excluding carboxylic acids is 1. The van der Waals surface area contributed by atoms with Crippen LogP contribution in [0.1, 0.15) is 5.56 Å². The van der Waals surface area contributed by atoms with Gasteiger partial charge in [-0.15, -0.1) is 12.4 Å². The van der Waals surface area contributed by atoms with Gasteiger partial charge in [-0.25, -0.2) is 9.97 Å². The third-order valence-electron chi connectivity index (χ3n) is 0.932. The van der Waals surface area contributed by atoms with Gasteiger partial charge in [0.15, 0.2) is 0 Å². The van der Waals surface area contributed by atoms with E-state index in [2.05, 4.69) is 14.7 Å². The van der Waals surface area contributed by atoms with Crippen molar-refractivity contribution in [3.63, 3.8) is 0 Å². The summed E-state index contributed by atoms with van der Waals surface area (Å²) in [7, 11) is 0. The van der Waals surface area contributed by atoms with Crippen molar-refractivity contribution in [1.82, 2.24) is 9.97 Å². The molecule has 1 heterocycles. The topological polar surface area (TPSA) is 52.1 Å². The lowest BCUT2D eigenvalue weighted by Gasteiger charge is -1.94. The van der Waals surface area contributed by atoms with Crippen molar-refractivity contribution in [2.75, 3.05) is 0 Å². The molecule has 0 saturated carbocycles. The highest BCUT2D eigenvalue weighted by molar-refractivity contribution is 5.85. The molecule has 0 saturated heterocycles. The van der Waals surface area contributed by atoms with E-state index in [0.29, 0.717) is 6.47 Å². The smallest absolute Gasteiger partial charge is 0.293 e. The molecule has 0 aliphatic carbocycles. The van der Waals surface area contributed by atoms with Crippen molar-refractivity contribution >= 4 is 18.9 Å². The Hall–Kier alpha value is -1.16. The van der Waals surface area contributed by atoms with Gasteiger partial charge < -0.3 is 4.74 Å². The number of halogens is 1. The molecule has 1 rings (SSSR count). The number of nitrogens with zero attached hydrogens (tertiary/aromatic N) is 2. The molecule has 0 radical (unpaired) electrons. The van der Waals surface area contributed by atoms with Gasteiger partial charge in [0.25, 0.3) is 6.47 Å². The van der Waals surface area contributed by atoms with Crippen LogP contribution in [0, 0.1) is 0 Å². The van der Waals surface area contributed by atoms with Crippen LogP contribution in [0.3, 0.4) is 0 Å². The summed E-state index contributed by atoms with van der Waals surface area (Å²) < 4.78 is 4.46. The van der Waals surface area contributed by atoms with E-state index in [9.17, 15) is 4.79 Å². The maximum absolute atomic E-state index is 9.72. The highest BCUT2D eigenvalue weighted by atomic mass is 35.5. The van der Waals surface area contributed by atoms with Crippen LogP contribution in [0.15, 0.2) is 18.7 Å². The molecule has 0 N–H and O–H groups in total. The molecule has 0 amide bonds. The zero-order valence-corrected chi connectivity index (χ0v) is 6.45. The van der Waals surface area contributed by atoms with Crippen LogP contribution in [-0.2, 0) is 16.1 Å². The van der Waals surface area contributed by atoms with Gasteiger partial charge in [-0.05, 0) is 0 Å². The number of hydrogen-bond donors (Lipinski definition) is 0. The van der Waals surface area contributed by atoms with Crippen LogP contribution in [0.2, 0.25) is 0 Å². The van der Waals surface area contributed by atoms with Gasteiger partial charge in [0.2, 0.25) is 0 Å². The average Bonchev–Trinajstić information content (AvgIpc) is 2.03. The van der Waals surface area contributed by atoms with Gasteiger partial charge in [0.1, 0.15) is 12.9 Å². The standard InChI is InChI=1S/C6H6N2O2.ClH/c9-5-10-3-6-1-7-4-8-2-6;/h1-2,4-5H,3H2;1H. The largest absolute Gasteiger partial charge is 0.463 e. The first-order valence-electron chi connectivity index (χ1n) is 2.72. The van der Waals surface area contributed by atoms with Crippen molar-refractivity contribution in [3.05, 3.63) is 24.3 Å². The van der Waals surface area contributed by atoms with Crippen LogP contribution < -0.4 is 0 Å². The molecular formula is C6H7ClN2O2. The lowest BCUT2D eigenvalue weighted by molar-refractivity contribution is -0.129. The quantitative estimate of drug-likeness (QED) is 0.629. The maximum Gasteiger partial charge on any atom is 0.293 e. The Bertz CT molecular complexity index is 205. The molecule has 4 nitrogen and oxygen atoms in total. The number of aromatic nitrogens is 2. The molecule has 0 aliphatic rings. The minimum absolute atomic E-state index is 0. The Morgan fingerprint density at radius 1 is 1.45 bits per heavy atom. The third kappa shape index (κ3) is 3.52. The lowest BCUT2D eigenvalue weighted by Crippen LogP contribution is -1.91. The summed E-state index contributed by atoms with van der Waals surface area (Å²) in [6, 6.07) is 0. The van der Waals surface area contributed by atoms with E-state index in [-0.39, 0.29) is 19.0 Å². The summed E-state index contributed by atoms with van der Waals surface area (Å²) >= 11 is 0. The van der Waals surface area contributed by atoms with Crippen LogP contribution in [-0.4, -0.2) is 16.4 Å². The Labute approximate surface area is 70.0 Å². The monoisotopic (exact) mass is 174 g/mol. The van der Waals surface area contributed by atoms with Crippen molar-refractivity contribution < 1.29 is 9.53 Å². The van der Waals surface area contributed by atoms with E-state index in [0.717, 1.165) is 5.56 Å². The second-order valence-corrected chi connectivity index (χ2v) is 1.65. The van der Waals surface area contributed by atoms with Gasteiger partial charge in [-0.3, -0.25) is 4.79 Å². The Balaban J connectivity index is 0.000001000. The molecule has 0 aromatic carbocycles. The summed E-state index contributed by atoms with van der Waals surface area (Å²) in [5, 5.41) is 0. The summed E-state index contributed by atoms with van der Waals surface area (Å²) in [6.07, 6.45) is 4.61. The van der Waals surface area contributed by atoms with E-state index in [1.165, 1.54) is 6.33 Å². The zero-order valence-electron chi connectivity index (χ0n) is 5.64. The van der Waals surface area contributed by atoms with E-state index in [4.69, 9.17) is 0 Å². The van der Waals surface area contributed by atoms with Crippen LogP contribution in [0.5, 0.6) is 0 Å². The summed E-state index contributed by atoms with van der Waals surface area (Å²) in [6.45, 7) is 0.636. The second kappa shape index (κ2) is 5.61. The molecule has 1 aromatic rings. The fourth-order valence-corrected chi connectivity index (χ4v) is 0.535. The maximum atomic E-state index is 9.72. The molecule has 0 bridgehead atoms. The normalized spacial score (nSPS) is 8.00.